The third-order valence-electron chi connectivity index (χ3n) is 3.14. The maximum atomic E-state index is 11.0. The average molecular weight is 285 g/mol. The molecule has 0 fully saturated rings. The fourth-order valence-corrected chi connectivity index (χ4v) is 3.14. The third-order valence-corrected chi connectivity index (χ3v) is 4.50. The van der Waals surface area contributed by atoms with Gasteiger partial charge in [-0.2, -0.15) is 0 Å². The van der Waals surface area contributed by atoms with Crippen LogP contribution in [0.5, 0.6) is 0 Å². The van der Waals surface area contributed by atoms with Crippen molar-refractivity contribution < 1.29 is 4.79 Å². The van der Waals surface area contributed by atoms with Gasteiger partial charge in [0.1, 0.15) is 0 Å². The predicted molar refractivity (Wildman–Crippen MR) is 85.6 cm³/mol. The van der Waals surface area contributed by atoms with Gasteiger partial charge in [0.15, 0.2) is 0 Å². The molecule has 0 saturated heterocycles. The Morgan fingerprint density at radius 3 is 2.20 bits per heavy atom. The Balaban J connectivity index is 2.01. The Labute approximate surface area is 124 Å². The molecule has 2 aromatic rings. The molecule has 20 heavy (non-hydrogen) atoms. The van der Waals surface area contributed by atoms with Gasteiger partial charge in [-0.3, -0.25) is 4.79 Å². The van der Waals surface area contributed by atoms with Gasteiger partial charge in [-0.25, -0.2) is 0 Å². The second-order valence-corrected chi connectivity index (χ2v) is 5.89. The number of thioether (sulfide) groups is 1. The summed E-state index contributed by atoms with van der Waals surface area (Å²) in [5.41, 5.74) is 7.85. The van der Waals surface area contributed by atoms with Gasteiger partial charge in [-0.05, 0) is 24.0 Å². The van der Waals surface area contributed by atoms with Crippen molar-refractivity contribution in [3.05, 3.63) is 71.8 Å². The van der Waals surface area contributed by atoms with Crippen molar-refractivity contribution in [3.63, 3.8) is 0 Å². The molecule has 0 heterocycles. The summed E-state index contributed by atoms with van der Waals surface area (Å²) in [6.45, 7) is 0. The molecule has 0 aliphatic heterocycles. The number of rotatable bonds is 7. The molecule has 0 bridgehead atoms. The van der Waals surface area contributed by atoms with Gasteiger partial charge >= 0.3 is 0 Å². The Bertz CT molecular complexity index is 527. The van der Waals surface area contributed by atoms with Crippen LogP contribution in [0, 0.1) is 0 Å². The summed E-state index contributed by atoms with van der Waals surface area (Å²) < 4.78 is 0. The molecule has 0 saturated carbocycles. The van der Waals surface area contributed by atoms with E-state index in [1.807, 2.05) is 24.3 Å². The summed E-state index contributed by atoms with van der Waals surface area (Å²) in [7, 11) is 0. The second kappa shape index (κ2) is 7.75. The van der Waals surface area contributed by atoms with E-state index in [1.54, 1.807) is 11.8 Å². The molecular formula is C17H19NOS. The monoisotopic (exact) mass is 285 g/mol. The van der Waals surface area contributed by atoms with E-state index in [4.69, 9.17) is 5.73 Å². The van der Waals surface area contributed by atoms with Crippen LogP contribution in [0.3, 0.4) is 0 Å². The number of hydrogen-bond donors (Lipinski definition) is 1. The highest BCUT2D eigenvalue weighted by atomic mass is 32.2. The molecule has 0 radical (unpaired) electrons. The largest absolute Gasteiger partial charge is 0.369 e. The minimum atomic E-state index is -0.254. The van der Waals surface area contributed by atoms with E-state index in [2.05, 4.69) is 36.4 Å². The zero-order chi connectivity index (χ0) is 14.2. The predicted octanol–water partition coefficient (Wildman–Crippen LogP) is 3.58. The fraction of sp³-hybridized carbons (Fsp3) is 0.235. The van der Waals surface area contributed by atoms with Crippen LogP contribution in [0.2, 0.25) is 0 Å². The molecule has 104 valence electrons. The minimum Gasteiger partial charge on any atom is -0.369 e. The fourth-order valence-electron chi connectivity index (χ4n) is 2.14. The molecule has 0 aliphatic carbocycles. The van der Waals surface area contributed by atoms with E-state index in [0.29, 0.717) is 11.0 Å². The van der Waals surface area contributed by atoms with E-state index in [1.165, 1.54) is 11.1 Å². The van der Waals surface area contributed by atoms with Crippen molar-refractivity contribution in [3.8, 4) is 0 Å². The topological polar surface area (TPSA) is 43.1 Å². The van der Waals surface area contributed by atoms with Crippen LogP contribution in [0.25, 0.3) is 0 Å². The molecule has 1 amide bonds. The van der Waals surface area contributed by atoms with Crippen molar-refractivity contribution in [1.29, 1.82) is 0 Å². The lowest BCUT2D eigenvalue weighted by Gasteiger charge is -2.16. The van der Waals surface area contributed by atoms with Crippen LogP contribution in [-0.4, -0.2) is 11.7 Å². The minimum absolute atomic E-state index is 0.254. The molecule has 0 spiro atoms. The van der Waals surface area contributed by atoms with Gasteiger partial charge < -0.3 is 5.73 Å². The molecule has 2 aromatic carbocycles. The van der Waals surface area contributed by atoms with Gasteiger partial charge in [-0.15, -0.1) is 11.8 Å². The maximum Gasteiger partial charge on any atom is 0.227 e. The maximum absolute atomic E-state index is 11.0. The van der Waals surface area contributed by atoms with Gasteiger partial charge in [0, 0.05) is 5.25 Å². The van der Waals surface area contributed by atoms with E-state index < -0.39 is 0 Å². The number of benzene rings is 2. The lowest BCUT2D eigenvalue weighted by atomic mass is 10.0. The van der Waals surface area contributed by atoms with Crippen molar-refractivity contribution >= 4 is 17.7 Å². The molecule has 2 nitrogen and oxygen atoms in total. The Morgan fingerprint density at radius 1 is 1.00 bits per heavy atom. The standard InChI is InChI=1S/C17H19NOS/c18-17(19)13-20-16(15-9-5-2-6-10-15)12-11-14-7-3-1-4-8-14/h1-10,16H,11-13H2,(H2,18,19). The summed E-state index contributed by atoms with van der Waals surface area (Å²) in [6, 6.07) is 20.7. The number of nitrogens with two attached hydrogens (primary N) is 1. The Kier molecular flexibility index (Phi) is 5.69. The smallest absolute Gasteiger partial charge is 0.227 e. The second-order valence-electron chi connectivity index (χ2n) is 4.70. The zero-order valence-corrected chi connectivity index (χ0v) is 12.2. The normalized spacial score (nSPS) is 12.0. The summed E-state index contributed by atoms with van der Waals surface area (Å²) in [4.78, 5) is 11.0. The number of primary amides is 1. The first-order valence-electron chi connectivity index (χ1n) is 6.74. The number of carbonyl (C=O) groups excluding carboxylic acids is 1. The van der Waals surface area contributed by atoms with Crippen LogP contribution < -0.4 is 5.73 Å². The van der Waals surface area contributed by atoms with Crippen LogP contribution in [0.15, 0.2) is 60.7 Å². The SMILES string of the molecule is NC(=O)CSC(CCc1ccccc1)c1ccccc1. The number of amides is 1. The highest BCUT2D eigenvalue weighted by Gasteiger charge is 2.13. The number of carbonyl (C=O) groups is 1. The van der Waals surface area contributed by atoms with Crippen LogP contribution in [0.4, 0.5) is 0 Å². The summed E-state index contributed by atoms with van der Waals surface area (Å²) in [6.07, 6.45) is 2.01. The van der Waals surface area contributed by atoms with Crippen LogP contribution in [0.1, 0.15) is 22.8 Å². The van der Waals surface area contributed by atoms with Crippen LogP contribution >= 0.6 is 11.8 Å². The highest BCUT2D eigenvalue weighted by molar-refractivity contribution is 8.00. The first-order valence-corrected chi connectivity index (χ1v) is 7.79. The van der Waals surface area contributed by atoms with E-state index in [0.717, 1.165) is 12.8 Å². The molecule has 1 atom stereocenters. The van der Waals surface area contributed by atoms with Crippen molar-refractivity contribution in [2.24, 2.45) is 5.73 Å². The molecule has 1 unspecified atom stereocenters. The highest BCUT2D eigenvalue weighted by Crippen LogP contribution is 2.32. The van der Waals surface area contributed by atoms with E-state index >= 15 is 0 Å². The Morgan fingerprint density at radius 2 is 1.60 bits per heavy atom. The number of aryl methyl sites for hydroxylation is 1. The lowest BCUT2D eigenvalue weighted by Crippen LogP contribution is -2.14. The van der Waals surface area contributed by atoms with Crippen molar-refractivity contribution in [2.75, 3.05) is 5.75 Å². The van der Waals surface area contributed by atoms with Gasteiger partial charge in [-0.1, -0.05) is 60.7 Å². The lowest BCUT2D eigenvalue weighted by molar-refractivity contribution is -0.115. The summed E-state index contributed by atoms with van der Waals surface area (Å²) >= 11 is 1.63. The van der Waals surface area contributed by atoms with Gasteiger partial charge in [0.2, 0.25) is 5.91 Å². The summed E-state index contributed by atoms with van der Waals surface area (Å²) in [5.74, 6) is 0.115. The number of hydrogen-bond acceptors (Lipinski definition) is 2. The van der Waals surface area contributed by atoms with Gasteiger partial charge in [0.05, 0.1) is 5.75 Å². The molecular weight excluding hydrogens is 266 g/mol. The molecule has 3 heteroatoms. The molecule has 2 rings (SSSR count). The molecule has 0 aromatic heterocycles. The Hall–Kier alpha value is -1.74. The van der Waals surface area contributed by atoms with Gasteiger partial charge in [0.25, 0.3) is 0 Å². The van der Waals surface area contributed by atoms with E-state index in [9.17, 15) is 4.79 Å². The first-order chi connectivity index (χ1) is 9.75. The first kappa shape index (κ1) is 14.7. The van der Waals surface area contributed by atoms with Crippen molar-refractivity contribution in [2.45, 2.75) is 18.1 Å². The average Bonchev–Trinajstić information content (AvgIpc) is 2.49. The zero-order valence-electron chi connectivity index (χ0n) is 11.4. The quantitative estimate of drug-likeness (QED) is 0.845. The molecule has 0 aliphatic rings. The van der Waals surface area contributed by atoms with E-state index in [-0.39, 0.29) is 5.91 Å². The third kappa shape index (κ3) is 4.74. The summed E-state index contributed by atoms with van der Waals surface area (Å²) in [5, 5.41) is 0.309. The van der Waals surface area contributed by atoms with Crippen molar-refractivity contribution in [1.82, 2.24) is 0 Å². The van der Waals surface area contributed by atoms with Crippen LogP contribution in [-0.2, 0) is 11.2 Å². The molecule has 2 N–H and O–H groups in total.